The van der Waals surface area contributed by atoms with Gasteiger partial charge in [-0.3, -0.25) is 4.79 Å². The Balaban J connectivity index is 3.34. The Morgan fingerprint density at radius 2 is 2.00 bits per heavy atom. The van der Waals surface area contributed by atoms with Gasteiger partial charge in [-0.2, -0.15) is 0 Å². The summed E-state index contributed by atoms with van der Waals surface area (Å²) in [5, 5.41) is 23.4. The van der Waals surface area contributed by atoms with E-state index in [9.17, 15) is 19.8 Å². The number of aliphatic hydroxyl groups is 1. The molecule has 1 aromatic carbocycles. The minimum atomic E-state index is -1.06. The van der Waals surface area contributed by atoms with Crippen LogP contribution in [-0.4, -0.2) is 34.8 Å². The number of esters is 1. The zero-order valence-electron chi connectivity index (χ0n) is 13.4. The molecule has 0 radical (unpaired) electrons. The first kappa shape index (κ1) is 18.0. The summed E-state index contributed by atoms with van der Waals surface area (Å²) in [6.45, 7) is 4.94. The van der Waals surface area contributed by atoms with Gasteiger partial charge < -0.3 is 20.3 Å². The normalized spacial score (nSPS) is 13.3. The third-order valence-corrected chi connectivity index (χ3v) is 3.34. The fourth-order valence-electron chi connectivity index (χ4n) is 2.40. The van der Waals surface area contributed by atoms with E-state index in [0.717, 1.165) is 6.42 Å². The summed E-state index contributed by atoms with van der Waals surface area (Å²) in [4.78, 5) is 23.0. The number of nitrogens with one attached hydrogen (secondary N) is 1. The van der Waals surface area contributed by atoms with Crippen LogP contribution in [0.15, 0.2) is 12.1 Å². The lowest BCUT2D eigenvalue weighted by atomic mass is 9.89. The number of methoxy groups -OCH3 is 1. The van der Waals surface area contributed by atoms with Crippen molar-refractivity contribution >= 4 is 17.6 Å². The summed E-state index contributed by atoms with van der Waals surface area (Å²) >= 11 is 0. The molecule has 0 aliphatic rings. The van der Waals surface area contributed by atoms with Crippen LogP contribution in [0.4, 0.5) is 5.69 Å². The van der Waals surface area contributed by atoms with Crippen LogP contribution in [-0.2, 0) is 16.0 Å². The van der Waals surface area contributed by atoms with Crippen molar-refractivity contribution in [2.75, 3.05) is 12.4 Å². The highest BCUT2D eigenvalue weighted by Gasteiger charge is 2.26. The SMILES string of the molecule is CCCC(C)(O)Cc1c(NC(C)=O)ccc(C(=O)OC)c1O. The van der Waals surface area contributed by atoms with Crippen molar-refractivity contribution in [3.63, 3.8) is 0 Å². The number of amides is 1. The van der Waals surface area contributed by atoms with Gasteiger partial charge in [0.1, 0.15) is 11.3 Å². The smallest absolute Gasteiger partial charge is 0.341 e. The molecule has 3 N–H and O–H groups in total. The van der Waals surface area contributed by atoms with Crippen LogP contribution >= 0.6 is 0 Å². The number of phenolic OH excluding ortho intramolecular Hbond substituents is 1. The van der Waals surface area contributed by atoms with Gasteiger partial charge in [0.15, 0.2) is 0 Å². The number of carbonyl (C=O) groups is 2. The van der Waals surface area contributed by atoms with Crippen molar-refractivity contribution in [3.8, 4) is 5.75 Å². The van der Waals surface area contributed by atoms with Crippen molar-refractivity contribution in [1.29, 1.82) is 0 Å². The zero-order valence-corrected chi connectivity index (χ0v) is 13.4. The van der Waals surface area contributed by atoms with Gasteiger partial charge in [0, 0.05) is 24.6 Å². The van der Waals surface area contributed by atoms with Crippen molar-refractivity contribution in [2.45, 2.75) is 45.6 Å². The predicted molar refractivity (Wildman–Crippen MR) is 83.0 cm³/mol. The summed E-state index contributed by atoms with van der Waals surface area (Å²) in [6, 6.07) is 2.90. The highest BCUT2D eigenvalue weighted by molar-refractivity contribution is 5.96. The monoisotopic (exact) mass is 309 g/mol. The van der Waals surface area contributed by atoms with Gasteiger partial charge >= 0.3 is 5.97 Å². The fraction of sp³-hybridized carbons (Fsp3) is 0.500. The molecule has 1 atom stereocenters. The second-order valence-electron chi connectivity index (χ2n) is 5.58. The van der Waals surface area contributed by atoms with E-state index >= 15 is 0 Å². The molecule has 0 spiro atoms. The summed E-state index contributed by atoms with van der Waals surface area (Å²) in [7, 11) is 1.22. The molecular formula is C16H23NO5. The molecule has 0 saturated carbocycles. The lowest BCUT2D eigenvalue weighted by molar-refractivity contribution is -0.114. The molecule has 1 amide bonds. The number of ether oxygens (including phenoxy) is 1. The molecule has 0 aliphatic carbocycles. The Hall–Kier alpha value is -2.08. The molecule has 6 nitrogen and oxygen atoms in total. The van der Waals surface area contributed by atoms with Crippen LogP contribution < -0.4 is 5.32 Å². The lowest BCUT2D eigenvalue weighted by Crippen LogP contribution is -2.27. The Labute approximate surface area is 130 Å². The van der Waals surface area contributed by atoms with E-state index in [4.69, 9.17) is 0 Å². The number of carbonyl (C=O) groups excluding carboxylic acids is 2. The fourth-order valence-corrected chi connectivity index (χ4v) is 2.40. The topological polar surface area (TPSA) is 95.9 Å². The van der Waals surface area contributed by atoms with E-state index in [2.05, 4.69) is 10.1 Å². The van der Waals surface area contributed by atoms with Gasteiger partial charge in [-0.1, -0.05) is 13.3 Å². The molecule has 1 rings (SSSR count). The minimum absolute atomic E-state index is 0.00102. The molecule has 1 unspecified atom stereocenters. The van der Waals surface area contributed by atoms with E-state index in [1.54, 1.807) is 6.92 Å². The summed E-state index contributed by atoms with van der Waals surface area (Å²) in [6.07, 6.45) is 1.39. The van der Waals surface area contributed by atoms with E-state index in [0.29, 0.717) is 17.7 Å². The second kappa shape index (κ2) is 7.26. The molecule has 1 aromatic rings. The van der Waals surface area contributed by atoms with Gasteiger partial charge in [-0.15, -0.1) is 0 Å². The maximum Gasteiger partial charge on any atom is 0.341 e. The standard InChI is InChI=1S/C16H23NO5/c1-5-8-16(3,21)9-12-13(17-10(2)18)7-6-11(14(12)19)15(20)22-4/h6-7,19,21H,5,8-9H2,1-4H3,(H,17,18). The maximum absolute atomic E-state index is 11.7. The second-order valence-corrected chi connectivity index (χ2v) is 5.58. The number of rotatable bonds is 6. The van der Waals surface area contributed by atoms with Gasteiger partial charge in [0.2, 0.25) is 5.91 Å². The number of phenols is 1. The van der Waals surface area contributed by atoms with E-state index in [-0.39, 0.29) is 23.6 Å². The number of hydrogen-bond donors (Lipinski definition) is 3. The van der Waals surface area contributed by atoms with Crippen molar-refractivity contribution in [3.05, 3.63) is 23.3 Å². The highest BCUT2D eigenvalue weighted by atomic mass is 16.5. The Kier molecular flexibility index (Phi) is 5.93. The first-order chi connectivity index (χ1) is 10.2. The molecule has 0 fully saturated rings. The van der Waals surface area contributed by atoms with Crippen molar-refractivity contribution < 1.29 is 24.5 Å². The van der Waals surface area contributed by atoms with Crippen molar-refractivity contribution in [2.24, 2.45) is 0 Å². The summed E-state index contributed by atoms with van der Waals surface area (Å²) in [5.41, 5.74) is -0.377. The first-order valence-electron chi connectivity index (χ1n) is 7.15. The molecular weight excluding hydrogens is 286 g/mol. The number of anilines is 1. The Bertz CT molecular complexity index is 566. The van der Waals surface area contributed by atoms with Crippen LogP contribution in [0.1, 0.15) is 49.5 Å². The third-order valence-electron chi connectivity index (χ3n) is 3.34. The van der Waals surface area contributed by atoms with E-state index in [1.807, 2.05) is 6.92 Å². The number of hydrogen-bond acceptors (Lipinski definition) is 5. The van der Waals surface area contributed by atoms with E-state index < -0.39 is 11.6 Å². The van der Waals surface area contributed by atoms with Gasteiger partial charge in [-0.05, 0) is 25.5 Å². The van der Waals surface area contributed by atoms with Gasteiger partial charge in [-0.25, -0.2) is 4.79 Å². The van der Waals surface area contributed by atoms with Crippen LogP contribution in [0.5, 0.6) is 5.75 Å². The zero-order chi connectivity index (χ0) is 16.9. The van der Waals surface area contributed by atoms with Crippen LogP contribution in [0.2, 0.25) is 0 Å². The molecule has 122 valence electrons. The van der Waals surface area contributed by atoms with Crippen LogP contribution in [0.3, 0.4) is 0 Å². The summed E-state index contributed by atoms with van der Waals surface area (Å²) < 4.78 is 4.62. The lowest BCUT2D eigenvalue weighted by Gasteiger charge is -2.25. The van der Waals surface area contributed by atoms with Gasteiger partial charge in [0.05, 0.1) is 12.7 Å². The molecule has 22 heavy (non-hydrogen) atoms. The van der Waals surface area contributed by atoms with Crippen molar-refractivity contribution in [1.82, 2.24) is 0 Å². The predicted octanol–water partition coefficient (Wildman–Crippen LogP) is 2.23. The average molecular weight is 309 g/mol. The maximum atomic E-state index is 11.7. The minimum Gasteiger partial charge on any atom is -0.507 e. The number of aromatic hydroxyl groups is 1. The van der Waals surface area contributed by atoms with Gasteiger partial charge in [0.25, 0.3) is 0 Å². The first-order valence-corrected chi connectivity index (χ1v) is 7.15. The average Bonchev–Trinajstić information content (AvgIpc) is 2.41. The Morgan fingerprint density at radius 3 is 2.50 bits per heavy atom. The van der Waals surface area contributed by atoms with Crippen LogP contribution in [0.25, 0.3) is 0 Å². The molecule has 0 saturated heterocycles. The highest BCUT2D eigenvalue weighted by Crippen LogP contribution is 2.34. The molecule has 0 aliphatic heterocycles. The largest absolute Gasteiger partial charge is 0.507 e. The summed E-state index contributed by atoms with van der Waals surface area (Å²) in [5.74, 6) is -1.26. The van der Waals surface area contributed by atoms with E-state index in [1.165, 1.54) is 26.2 Å². The molecule has 6 heteroatoms. The third kappa shape index (κ3) is 4.46. The Morgan fingerprint density at radius 1 is 1.36 bits per heavy atom. The van der Waals surface area contributed by atoms with Crippen LogP contribution in [0, 0.1) is 0 Å². The molecule has 0 heterocycles. The quantitative estimate of drug-likeness (QED) is 0.700. The molecule has 0 bridgehead atoms. The molecule has 0 aromatic heterocycles. The number of benzene rings is 1.